The standard InChI is InChI=1S/C14H17ClN2O2S2.ClH/c1-16-11-4-6-17(7-5-11)21(18,19)14-9-20-13-3-2-10(15)8-12(13)14;/h2-3,8-9,11,16H,4-7H2,1H3;1H. The fourth-order valence-corrected chi connectivity index (χ4v) is 5.79. The van der Waals surface area contributed by atoms with E-state index < -0.39 is 10.0 Å². The molecule has 22 heavy (non-hydrogen) atoms. The van der Waals surface area contributed by atoms with E-state index in [-0.39, 0.29) is 12.4 Å². The van der Waals surface area contributed by atoms with Gasteiger partial charge in [-0.1, -0.05) is 11.6 Å². The van der Waals surface area contributed by atoms with E-state index in [2.05, 4.69) is 5.32 Å². The average Bonchev–Trinajstić information content (AvgIpc) is 2.91. The van der Waals surface area contributed by atoms with Gasteiger partial charge in [0.1, 0.15) is 4.90 Å². The van der Waals surface area contributed by atoms with Crippen LogP contribution in [0.3, 0.4) is 0 Å². The van der Waals surface area contributed by atoms with Crippen LogP contribution in [0.5, 0.6) is 0 Å². The van der Waals surface area contributed by atoms with E-state index in [1.165, 1.54) is 11.3 Å². The van der Waals surface area contributed by atoms with Crippen LogP contribution in [-0.4, -0.2) is 38.9 Å². The third-order valence-electron chi connectivity index (χ3n) is 3.98. The molecule has 0 saturated carbocycles. The first kappa shape index (κ1) is 18.0. The Kier molecular flexibility index (Phi) is 5.74. The van der Waals surface area contributed by atoms with Crippen LogP contribution in [0.2, 0.25) is 5.02 Å². The highest BCUT2D eigenvalue weighted by Gasteiger charge is 2.30. The van der Waals surface area contributed by atoms with Gasteiger partial charge in [0.05, 0.1) is 0 Å². The van der Waals surface area contributed by atoms with Gasteiger partial charge in [-0.15, -0.1) is 23.7 Å². The van der Waals surface area contributed by atoms with Gasteiger partial charge >= 0.3 is 0 Å². The second-order valence-electron chi connectivity index (χ2n) is 5.21. The molecule has 1 aromatic carbocycles. The van der Waals surface area contributed by atoms with Gasteiger partial charge in [-0.2, -0.15) is 4.31 Å². The van der Waals surface area contributed by atoms with E-state index in [1.807, 2.05) is 13.1 Å². The van der Waals surface area contributed by atoms with Crippen LogP contribution in [0.1, 0.15) is 12.8 Å². The maximum absolute atomic E-state index is 12.8. The lowest BCUT2D eigenvalue weighted by atomic mass is 10.1. The molecule has 2 aromatic rings. The molecular weight excluding hydrogens is 363 g/mol. The molecule has 1 aliphatic heterocycles. The highest BCUT2D eigenvalue weighted by atomic mass is 35.5. The number of piperidine rings is 1. The molecular formula is C14H18Cl2N2O2S2. The van der Waals surface area contributed by atoms with Gasteiger partial charge < -0.3 is 5.32 Å². The zero-order chi connectivity index (χ0) is 15.0. The number of fused-ring (bicyclic) bond motifs is 1. The van der Waals surface area contributed by atoms with Gasteiger partial charge in [-0.25, -0.2) is 8.42 Å². The summed E-state index contributed by atoms with van der Waals surface area (Å²) in [6, 6.07) is 5.80. The van der Waals surface area contributed by atoms with Crippen molar-refractivity contribution in [3.05, 3.63) is 28.6 Å². The second kappa shape index (κ2) is 7.03. The largest absolute Gasteiger partial charge is 0.317 e. The Hall–Kier alpha value is -0.370. The number of sulfonamides is 1. The van der Waals surface area contributed by atoms with Crippen molar-refractivity contribution in [2.24, 2.45) is 0 Å². The van der Waals surface area contributed by atoms with Crippen molar-refractivity contribution in [1.29, 1.82) is 0 Å². The lowest BCUT2D eigenvalue weighted by Gasteiger charge is -2.30. The van der Waals surface area contributed by atoms with Crippen LogP contribution in [0, 0.1) is 0 Å². The zero-order valence-electron chi connectivity index (χ0n) is 12.1. The second-order valence-corrected chi connectivity index (χ2v) is 8.46. The quantitative estimate of drug-likeness (QED) is 0.887. The molecule has 3 rings (SSSR count). The van der Waals surface area contributed by atoms with Crippen LogP contribution in [0.25, 0.3) is 10.1 Å². The molecule has 1 aromatic heterocycles. The summed E-state index contributed by atoms with van der Waals surface area (Å²) >= 11 is 7.45. The Morgan fingerprint density at radius 1 is 1.32 bits per heavy atom. The minimum atomic E-state index is -3.44. The monoisotopic (exact) mass is 380 g/mol. The van der Waals surface area contributed by atoms with E-state index in [9.17, 15) is 8.42 Å². The van der Waals surface area contributed by atoms with Crippen LogP contribution in [0.15, 0.2) is 28.5 Å². The summed E-state index contributed by atoms with van der Waals surface area (Å²) < 4.78 is 28.2. The van der Waals surface area contributed by atoms with Crippen LogP contribution in [-0.2, 0) is 10.0 Å². The van der Waals surface area contributed by atoms with Gasteiger partial charge in [0.2, 0.25) is 10.0 Å². The molecule has 8 heteroatoms. The summed E-state index contributed by atoms with van der Waals surface area (Å²) in [6.07, 6.45) is 1.69. The van der Waals surface area contributed by atoms with E-state index >= 15 is 0 Å². The molecule has 0 radical (unpaired) electrons. The van der Waals surface area contributed by atoms with Crippen molar-refractivity contribution < 1.29 is 8.42 Å². The number of rotatable bonds is 3. The third-order valence-corrected chi connectivity index (χ3v) is 7.27. The molecule has 1 aliphatic rings. The zero-order valence-corrected chi connectivity index (χ0v) is 15.3. The minimum absolute atomic E-state index is 0. The first-order valence-electron chi connectivity index (χ1n) is 6.86. The molecule has 0 spiro atoms. The summed E-state index contributed by atoms with van der Waals surface area (Å²) in [5.41, 5.74) is 0. The predicted molar refractivity (Wildman–Crippen MR) is 94.9 cm³/mol. The maximum atomic E-state index is 12.8. The Labute approximate surface area is 145 Å². The summed E-state index contributed by atoms with van der Waals surface area (Å²) in [5.74, 6) is 0. The van der Waals surface area contributed by atoms with Crippen molar-refractivity contribution in [3.8, 4) is 0 Å². The van der Waals surface area contributed by atoms with Crippen LogP contribution in [0.4, 0.5) is 0 Å². The van der Waals surface area contributed by atoms with E-state index in [0.717, 1.165) is 22.9 Å². The molecule has 1 fully saturated rings. The van der Waals surface area contributed by atoms with E-state index in [1.54, 1.807) is 21.8 Å². The first-order valence-corrected chi connectivity index (χ1v) is 9.56. The number of thiophene rings is 1. The summed E-state index contributed by atoms with van der Waals surface area (Å²) in [7, 11) is -1.52. The molecule has 0 bridgehead atoms. The fraction of sp³-hybridized carbons (Fsp3) is 0.429. The van der Waals surface area contributed by atoms with E-state index in [4.69, 9.17) is 11.6 Å². The Balaban J connectivity index is 0.00000176. The van der Waals surface area contributed by atoms with Gasteiger partial charge in [-0.3, -0.25) is 0 Å². The van der Waals surface area contributed by atoms with Crippen molar-refractivity contribution in [1.82, 2.24) is 9.62 Å². The number of hydrogen-bond donors (Lipinski definition) is 1. The van der Waals surface area contributed by atoms with E-state index in [0.29, 0.717) is 29.0 Å². The topological polar surface area (TPSA) is 49.4 Å². The minimum Gasteiger partial charge on any atom is -0.317 e. The fourth-order valence-electron chi connectivity index (χ4n) is 2.70. The Morgan fingerprint density at radius 3 is 2.64 bits per heavy atom. The normalized spacial score (nSPS) is 17.5. The Bertz CT molecular complexity index is 753. The summed E-state index contributed by atoms with van der Waals surface area (Å²) in [6.45, 7) is 1.12. The smallest absolute Gasteiger partial charge is 0.244 e. The lowest BCUT2D eigenvalue weighted by molar-refractivity contribution is 0.298. The van der Waals surface area contributed by atoms with Crippen LogP contribution < -0.4 is 5.32 Å². The van der Waals surface area contributed by atoms with Gasteiger partial charge in [0, 0.05) is 39.6 Å². The Morgan fingerprint density at radius 2 is 2.00 bits per heavy atom. The number of nitrogens with zero attached hydrogens (tertiary/aromatic N) is 1. The number of hydrogen-bond acceptors (Lipinski definition) is 4. The maximum Gasteiger partial charge on any atom is 0.244 e. The van der Waals surface area contributed by atoms with Gasteiger partial charge in [0.15, 0.2) is 0 Å². The first-order chi connectivity index (χ1) is 10.0. The molecule has 1 saturated heterocycles. The lowest BCUT2D eigenvalue weighted by Crippen LogP contribution is -2.43. The predicted octanol–water partition coefficient (Wildman–Crippen LogP) is 3.35. The molecule has 0 amide bonds. The molecule has 0 atom stereocenters. The molecule has 2 heterocycles. The highest BCUT2D eigenvalue weighted by Crippen LogP contribution is 2.34. The van der Waals surface area contributed by atoms with Crippen molar-refractivity contribution >= 4 is 55.5 Å². The third kappa shape index (κ3) is 3.27. The number of nitrogens with one attached hydrogen (secondary N) is 1. The SMILES string of the molecule is CNC1CCN(S(=O)(=O)c2csc3ccc(Cl)cc23)CC1.Cl. The molecule has 4 nitrogen and oxygen atoms in total. The van der Waals surface area contributed by atoms with Crippen molar-refractivity contribution in [2.75, 3.05) is 20.1 Å². The summed E-state index contributed by atoms with van der Waals surface area (Å²) in [4.78, 5) is 0.382. The molecule has 122 valence electrons. The van der Waals surface area contributed by atoms with Crippen LogP contribution >= 0.6 is 35.3 Å². The summed E-state index contributed by atoms with van der Waals surface area (Å²) in [5, 5.41) is 6.22. The average molecular weight is 381 g/mol. The van der Waals surface area contributed by atoms with Crippen molar-refractivity contribution in [2.45, 2.75) is 23.8 Å². The molecule has 0 unspecified atom stereocenters. The number of benzene rings is 1. The number of halogens is 2. The molecule has 0 aliphatic carbocycles. The molecule has 1 N–H and O–H groups in total. The van der Waals surface area contributed by atoms with Gasteiger partial charge in [0.25, 0.3) is 0 Å². The highest BCUT2D eigenvalue weighted by molar-refractivity contribution is 7.89. The van der Waals surface area contributed by atoms with Gasteiger partial charge in [-0.05, 0) is 38.1 Å². The van der Waals surface area contributed by atoms with Crippen molar-refractivity contribution in [3.63, 3.8) is 0 Å².